The topological polar surface area (TPSA) is 107 Å². The first-order chi connectivity index (χ1) is 12.4. The second-order valence-electron chi connectivity index (χ2n) is 6.95. The van der Waals surface area contributed by atoms with Crippen molar-refractivity contribution in [2.75, 3.05) is 14.2 Å². The number of halogens is 1. The molecule has 3 rings (SSSR count). The summed E-state index contributed by atoms with van der Waals surface area (Å²) in [5.41, 5.74) is 13.0. The molecule has 0 saturated carbocycles. The zero-order chi connectivity index (χ0) is 19.0. The zero-order valence-electron chi connectivity index (χ0n) is 15.3. The van der Waals surface area contributed by atoms with E-state index in [-0.39, 0.29) is 29.8 Å². The highest BCUT2D eigenvalue weighted by Gasteiger charge is 2.48. The lowest BCUT2D eigenvalue weighted by atomic mass is 9.71. The Hall–Kier alpha value is -0.940. The van der Waals surface area contributed by atoms with E-state index in [0.29, 0.717) is 11.5 Å². The maximum Gasteiger partial charge on any atom is 0.161 e. The van der Waals surface area contributed by atoms with Crippen LogP contribution in [-0.4, -0.2) is 49.0 Å². The molecule has 0 bridgehead atoms. The minimum Gasteiger partial charge on any atom is -0.493 e. The second-order valence-corrected chi connectivity index (χ2v) is 7.81. The molecule has 6 N–H and O–H groups in total. The van der Waals surface area contributed by atoms with Crippen molar-refractivity contribution in [3.05, 3.63) is 22.2 Å². The van der Waals surface area contributed by atoms with Gasteiger partial charge in [-0.1, -0.05) is 15.9 Å². The highest BCUT2D eigenvalue weighted by molar-refractivity contribution is 9.10. The predicted molar refractivity (Wildman–Crippen MR) is 100 cm³/mol. The molecule has 0 radical (unpaired) electrons. The van der Waals surface area contributed by atoms with E-state index in [4.69, 9.17) is 9.47 Å². The third-order valence-corrected chi connectivity index (χ3v) is 6.18. The molecule has 0 aliphatic carbocycles. The normalized spacial score (nSPS) is 35.5. The van der Waals surface area contributed by atoms with Gasteiger partial charge in [0.2, 0.25) is 0 Å². The Morgan fingerprint density at radius 2 is 1.35 bits per heavy atom. The zero-order valence-corrected chi connectivity index (χ0v) is 16.9. The number of hydrogen-bond acceptors (Lipinski definition) is 8. The SMILES string of the molecule is COc1cc(Br)c(C(C2C(C)NNC2O)C2C(C)NNC2O)cc1OC. The van der Waals surface area contributed by atoms with Gasteiger partial charge in [-0.25, -0.2) is 10.9 Å². The van der Waals surface area contributed by atoms with Crippen molar-refractivity contribution in [1.29, 1.82) is 0 Å². The lowest BCUT2D eigenvalue weighted by Crippen LogP contribution is -2.41. The summed E-state index contributed by atoms with van der Waals surface area (Å²) in [7, 11) is 3.19. The van der Waals surface area contributed by atoms with Crippen LogP contribution in [0.15, 0.2) is 16.6 Å². The van der Waals surface area contributed by atoms with Gasteiger partial charge in [-0.3, -0.25) is 10.9 Å². The first-order valence-electron chi connectivity index (χ1n) is 8.68. The number of nitrogens with one attached hydrogen (secondary N) is 4. The molecule has 2 saturated heterocycles. The third-order valence-electron chi connectivity index (χ3n) is 5.49. The minimum atomic E-state index is -0.741. The number of rotatable bonds is 5. The molecule has 2 fully saturated rings. The fourth-order valence-electron chi connectivity index (χ4n) is 4.18. The van der Waals surface area contributed by atoms with E-state index in [1.807, 2.05) is 26.0 Å². The van der Waals surface area contributed by atoms with Crippen LogP contribution in [-0.2, 0) is 0 Å². The number of aliphatic hydroxyl groups excluding tert-OH is 2. The van der Waals surface area contributed by atoms with Gasteiger partial charge in [-0.15, -0.1) is 0 Å². The lowest BCUT2D eigenvalue weighted by molar-refractivity contribution is 0.0394. The fraction of sp³-hybridized carbons (Fsp3) is 0.647. The Morgan fingerprint density at radius 3 is 1.73 bits per heavy atom. The molecule has 26 heavy (non-hydrogen) atoms. The van der Waals surface area contributed by atoms with Gasteiger partial charge in [0.25, 0.3) is 0 Å². The van der Waals surface area contributed by atoms with Crippen LogP contribution < -0.4 is 31.2 Å². The molecule has 146 valence electrons. The maximum absolute atomic E-state index is 10.6. The molecular formula is C17H27BrN4O4. The number of methoxy groups -OCH3 is 2. The van der Waals surface area contributed by atoms with Crippen molar-refractivity contribution in [3.8, 4) is 11.5 Å². The van der Waals surface area contributed by atoms with Crippen molar-refractivity contribution >= 4 is 15.9 Å². The summed E-state index contributed by atoms with van der Waals surface area (Å²) in [6, 6.07) is 3.80. The summed E-state index contributed by atoms with van der Waals surface area (Å²) in [6.07, 6.45) is -1.48. The molecule has 2 aliphatic rings. The summed E-state index contributed by atoms with van der Waals surface area (Å²) in [4.78, 5) is 0. The first-order valence-corrected chi connectivity index (χ1v) is 9.48. The van der Waals surface area contributed by atoms with Crippen molar-refractivity contribution in [2.24, 2.45) is 11.8 Å². The van der Waals surface area contributed by atoms with Crippen molar-refractivity contribution < 1.29 is 19.7 Å². The van der Waals surface area contributed by atoms with Gasteiger partial charge < -0.3 is 19.7 Å². The monoisotopic (exact) mass is 430 g/mol. The van der Waals surface area contributed by atoms with Gasteiger partial charge in [0.1, 0.15) is 12.5 Å². The van der Waals surface area contributed by atoms with E-state index in [1.54, 1.807) is 14.2 Å². The van der Waals surface area contributed by atoms with Crippen LogP contribution in [0, 0.1) is 11.8 Å². The van der Waals surface area contributed by atoms with Gasteiger partial charge in [0.15, 0.2) is 11.5 Å². The van der Waals surface area contributed by atoms with E-state index < -0.39 is 12.5 Å². The van der Waals surface area contributed by atoms with Gasteiger partial charge in [-0.2, -0.15) is 0 Å². The average molecular weight is 431 g/mol. The molecule has 2 heterocycles. The standard InChI is InChI=1S/C17H27BrN4O4/c1-7-13(16(23)21-19-7)15(14-8(2)20-22-17(14)24)9-5-11(25-3)12(26-4)6-10(9)18/h5-8,13-17,19-24H,1-4H3. The van der Waals surface area contributed by atoms with Crippen molar-refractivity contribution in [1.82, 2.24) is 21.7 Å². The van der Waals surface area contributed by atoms with Crippen molar-refractivity contribution in [3.63, 3.8) is 0 Å². The first kappa shape index (κ1) is 19.8. The average Bonchev–Trinajstić information content (AvgIpc) is 3.12. The number of hydrazine groups is 2. The number of hydrogen-bond donors (Lipinski definition) is 6. The van der Waals surface area contributed by atoms with E-state index in [2.05, 4.69) is 37.6 Å². The van der Waals surface area contributed by atoms with Gasteiger partial charge in [0.05, 0.1) is 14.2 Å². The quantitative estimate of drug-likeness (QED) is 0.398. The van der Waals surface area contributed by atoms with Crippen LogP contribution in [0.1, 0.15) is 25.3 Å². The molecule has 0 aromatic heterocycles. The van der Waals surface area contributed by atoms with Crippen LogP contribution in [0.3, 0.4) is 0 Å². The Kier molecular flexibility index (Phi) is 6.07. The van der Waals surface area contributed by atoms with Crippen LogP contribution in [0.25, 0.3) is 0 Å². The minimum absolute atomic E-state index is 0.00926. The van der Waals surface area contributed by atoms with E-state index in [0.717, 1.165) is 10.0 Å². The maximum atomic E-state index is 10.6. The fourth-order valence-corrected chi connectivity index (χ4v) is 4.76. The number of aliphatic hydroxyl groups is 2. The smallest absolute Gasteiger partial charge is 0.161 e. The third kappa shape index (κ3) is 3.45. The molecule has 9 heteroatoms. The summed E-state index contributed by atoms with van der Waals surface area (Å²) >= 11 is 3.65. The Morgan fingerprint density at radius 1 is 0.885 bits per heavy atom. The molecular weight excluding hydrogens is 404 g/mol. The molecule has 0 amide bonds. The van der Waals surface area contributed by atoms with Crippen LogP contribution in [0.5, 0.6) is 11.5 Å². The summed E-state index contributed by atoms with van der Waals surface area (Å²) < 4.78 is 11.7. The predicted octanol–water partition coefficient (Wildman–Crippen LogP) is 0.412. The lowest BCUT2D eigenvalue weighted by Gasteiger charge is -2.36. The Bertz CT molecular complexity index is 605. The summed E-state index contributed by atoms with van der Waals surface area (Å²) in [5.74, 6) is 0.748. The Labute approximate surface area is 161 Å². The summed E-state index contributed by atoms with van der Waals surface area (Å²) in [5, 5.41) is 21.1. The van der Waals surface area contributed by atoms with E-state index >= 15 is 0 Å². The largest absolute Gasteiger partial charge is 0.493 e. The van der Waals surface area contributed by atoms with Gasteiger partial charge >= 0.3 is 0 Å². The van der Waals surface area contributed by atoms with E-state index in [1.165, 1.54) is 0 Å². The van der Waals surface area contributed by atoms with Crippen LogP contribution in [0.2, 0.25) is 0 Å². The Balaban J connectivity index is 2.12. The molecule has 1 aromatic carbocycles. The van der Waals surface area contributed by atoms with E-state index in [9.17, 15) is 10.2 Å². The number of benzene rings is 1. The molecule has 2 aliphatic heterocycles. The molecule has 6 unspecified atom stereocenters. The number of ether oxygens (including phenoxy) is 2. The summed E-state index contributed by atoms with van der Waals surface area (Å²) in [6.45, 7) is 4.03. The highest BCUT2D eigenvalue weighted by atomic mass is 79.9. The second kappa shape index (κ2) is 7.97. The molecule has 1 aromatic rings. The van der Waals surface area contributed by atoms with Crippen LogP contribution in [0.4, 0.5) is 0 Å². The molecule has 6 atom stereocenters. The molecule has 8 nitrogen and oxygen atoms in total. The highest BCUT2D eigenvalue weighted by Crippen LogP contribution is 2.46. The van der Waals surface area contributed by atoms with Crippen LogP contribution >= 0.6 is 15.9 Å². The van der Waals surface area contributed by atoms with Gasteiger partial charge in [-0.05, 0) is 31.5 Å². The van der Waals surface area contributed by atoms with Gasteiger partial charge in [0, 0.05) is 34.3 Å². The molecule has 0 spiro atoms. The van der Waals surface area contributed by atoms with Crippen molar-refractivity contribution in [2.45, 2.75) is 44.3 Å².